The van der Waals surface area contributed by atoms with E-state index in [1.807, 2.05) is 39.0 Å². The lowest BCUT2D eigenvalue weighted by Gasteiger charge is -2.19. The lowest BCUT2D eigenvalue weighted by molar-refractivity contribution is -0.117. The normalized spacial score (nSPS) is 10.8. The van der Waals surface area contributed by atoms with Crippen molar-refractivity contribution < 1.29 is 23.8 Å². The summed E-state index contributed by atoms with van der Waals surface area (Å²) in [6.45, 7) is 8.16. The zero-order valence-electron chi connectivity index (χ0n) is 14.9. The second-order valence-electron chi connectivity index (χ2n) is 6.41. The smallest absolute Gasteiger partial charge is 0.407 e. The monoisotopic (exact) mass is 337 g/mol. The van der Waals surface area contributed by atoms with Gasteiger partial charge >= 0.3 is 6.09 Å². The van der Waals surface area contributed by atoms with Gasteiger partial charge in [0.15, 0.2) is 0 Å². The van der Waals surface area contributed by atoms with E-state index in [9.17, 15) is 9.59 Å². The molecule has 6 heteroatoms. The molecule has 1 amide bonds. The first-order chi connectivity index (χ1) is 11.3. The van der Waals surface area contributed by atoms with Crippen LogP contribution in [0.1, 0.15) is 40.5 Å². The minimum Gasteiger partial charge on any atom is -0.493 e. The zero-order chi connectivity index (χ0) is 18.0. The minimum atomic E-state index is -0.515. The molecule has 0 radical (unpaired) electrons. The molecule has 1 rings (SSSR count). The lowest BCUT2D eigenvalue weighted by atomic mass is 10.2. The predicted molar refractivity (Wildman–Crippen MR) is 91.6 cm³/mol. The van der Waals surface area contributed by atoms with Gasteiger partial charge in [0.1, 0.15) is 29.5 Å². The zero-order valence-corrected chi connectivity index (χ0v) is 14.9. The fraction of sp³-hybridized carbons (Fsp3) is 0.556. The number of nitrogens with one attached hydrogen (secondary N) is 1. The predicted octanol–water partition coefficient (Wildman–Crippen LogP) is 3.34. The molecule has 1 aromatic rings. The molecule has 0 unspecified atom stereocenters. The van der Waals surface area contributed by atoms with Crippen LogP contribution in [-0.2, 0) is 9.53 Å². The van der Waals surface area contributed by atoms with E-state index in [-0.39, 0.29) is 5.78 Å². The summed E-state index contributed by atoms with van der Waals surface area (Å²) in [6.07, 6.45) is 0.751. The highest BCUT2D eigenvalue weighted by molar-refractivity contribution is 5.75. The molecule has 0 atom stereocenters. The fourth-order valence-corrected chi connectivity index (χ4v) is 1.80. The van der Waals surface area contributed by atoms with E-state index in [0.29, 0.717) is 44.1 Å². The van der Waals surface area contributed by atoms with Gasteiger partial charge in [-0.25, -0.2) is 4.79 Å². The molecule has 0 saturated heterocycles. The Morgan fingerprint density at radius 2 is 1.71 bits per heavy atom. The van der Waals surface area contributed by atoms with Crippen molar-refractivity contribution in [2.24, 2.45) is 0 Å². The van der Waals surface area contributed by atoms with Crippen LogP contribution < -0.4 is 14.8 Å². The maximum absolute atomic E-state index is 11.5. The summed E-state index contributed by atoms with van der Waals surface area (Å²) >= 11 is 0. The number of hydrogen-bond acceptors (Lipinski definition) is 5. The van der Waals surface area contributed by atoms with E-state index in [2.05, 4.69) is 5.32 Å². The van der Waals surface area contributed by atoms with Crippen molar-refractivity contribution in [3.05, 3.63) is 24.3 Å². The van der Waals surface area contributed by atoms with Gasteiger partial charge in [0.25, 0.3) is 0 Å². The highest BCUT2D eigenvalue weighted by Crippen LogP contribution is 2.19. The quantitative estimate of drug-likeness (QED) is 0.700. The number of ether oxygens (including phenoxy) is 3. The average molecular weight is 337 g/mol. The van der Waals surface area contributed by atoms with Crippen LogP contribution in [0.4, 0.5) is 4.79 Å². The van der Waals surface area contributed by atoms with Crippen molar-refractivity contribution >= 4 is 11.9 Å². The molecule has 24 heavy (non-hydrogen) atoms. The van der Waals surface area contributed by atoms with Gasteiger partial charge in [-0.2, -0.15) is 0 Å². The second-order valence-corrected chi connectivity index (χ2v) is 6.41. The van der Waals surface area contributed by atoms with Gasteiger partial charge in [-0.1, -0.05) is 6.07 Å². The highest BCUT2D eigenvalue weighted by atomic mass is 16.6. The maximum Gasteiger partial charge on any atom is 0.407 e. The van der Waals surface area contributed by atoms with Crippen LogP contribution in [0.3, 0.4) is 0 Å². The first-order valence-electron chi connectivity index (χ1n) is 8.08. The van der Waals surface area contributed by atoms with E-state index in [4.69, 9.17) is 14.2 Å². The van der Waals surface area contributed by atoms with E-state index in [1.165, 1.54) is 0 Å². The van der Waals surface area contributed by atoms with Gasteiger partial charge in [-0.3, -0.25) is 0 Å². The Morgan fingerprint density at radius 3 is 2.29 bits per heavy atom. The number of ketones is 1. The third kappa shape index (κ3) is 9.71. The number of carbonyl (C=O) groups excluding carboxylic acids is 2. The van der Waals surface area contributed by atoms with Crippen LogP contribution in [0.25, 0.3) is 0 Å². The molecular weight excluding hydrogens is 310 g/mol. The van der Waals surface area contributed by atoms with Crippen molar-refractivity contribution in [2.45, 2.75) is 46.1 Å². The van der Waals surface area contributed by atoms with Crippen molar-refractivity contribution in [2.75, 3.05) is 19.8 Å². The molecule has 134 valence electrons. The summed E-state index contributed by atoms with van der Waals surface area (Å²) < 4.78 is 16.3. The lowest BCUT2D eigenvalue weighted by Crippen LogP contribution is -2.34. The van der Waals surface area contributed by atoms with Gasteiger partial charge in [-0.15, -0.1) is 0 Å². The van der Waals surface area contributed by atoms with Crippen LogP contribution in [-0.4, -0.2) is 37.2 Å². The first kappa shape index (κ1) is 19.8. The molecule has 0 aromatic heterocycles. The van der Waals surface area contributed by atoms with E-state index < -0.39 is 11.7 Å². The molecule has 1 aromatic carbocycles. The van der Waals surface area contributed by atoms with Crippen LogP contribution in [0, 0.1) is 0 Å². The Kier molecular flexibility index (Phi) is 8.09. The number of Topliss-reactive ketones (excluding diaryl/α,β-unsaturated/α-hetero) is 1. The summed E-state index contributed by atoms with van der Waals surface area (Å²) in [4.78, 5) is 22.4. The molecular formula is C18H27NO5. The summed E-state index contributed by atoms with van der Waals surface area (Å²) in [6, 6.07) is 7.26. The fourth-order valence-electron chi connectivity index (χ4n) is 1.80. The van der Waals surface area contributed by atoms with Crippen molar-refractivity contribution in [3.63, 3.8) is 0 Å². The molecule has 0 aliphatic heterocycles. The van der Waals surface area contributed by atoms with Gasteiger partial charge in [0.2, 0.25) is 0 Å². The number of hydrogen-bond donors (Lipinski definition) is 1. The molecule has 0 bridgehead atoms. The molecule has 0 aliphatic carbocycles. The highest BCUT2D eigenvalue weighted by Gasteiger charge is 2.15. The largest absolute Gasteiger partial charge is 0.493 e. The summed E-state index contributed by atoms with van der Waals surface area (Å²) in [5.74, 6) is 1.51. The van der Waals surface area contributed by atoms with Gasteiger partial charge in [0.05, 0.1) is 13.2 Å². The molecule has 0 aliphatic rings. The van der Waals surface area contributed by atoms with Gasteiger partial charge < -0.3 is 24.3 Å². The van der Waals surface area contributed by atoms with Crippen molar-refractivity contribution in [3.8, 4) is 11.5 Å². The van der Waals surface area contributed by atoms with Crippen LogP contribution in [0.2, 0.25) is 0 Å². The molecule has 6 nitrogen and oxygen atoms in total. The van der Waals surface area contributed by atoms with Crippen LogP contribution >= 0.6 is 0 Å². The number of alkyl carbamates (subject to hydrolysis) is 1. The van der Waals surface area contributed by atoms with E-state index in [0.717, 1.165) is 0 Å². The topological polar surface area (TPSA) is 73.9 Å². The summed E-state index contributed by atoms with van der Waals surface area (Å²) in [7, 11) is 0. The van der Waals surface area contributed by atoms with Gasteiger partial charge in [0, 0.05) is 12.5 Å². The van der Waals surface area contributed by atoms with Gasteiger partial charge in [-0.05, 0) is 46.2 Å². The standard InChI is InChI=1S/C18H27NO5/c1-14(20)7-6-11-22-15-8-5-9-16(13-15)23-12-10-19-17(21)24-18(2,3)4/h5,8-9,13H,6-7,10-12H2,1-4H3,(H,19,21). The van der Waals surface area contributed by atoms with Crippen molar-refractivity contribution in [1.29, 1.82) is 0 Å². The third-order valence-corrected chi connectivity index (χ3v) is 2.79. The van der Waals surface area contributed by atoms with E-state index in [1.54, 1.807) is 13.0 Å². The number of benzene rings is 1. The minimum absolute atomic E-state index is 0.160. The Morgan fingerprint density at radius 1 is 1.08 bits per heavy atom. The van der Waals surface area contributed by atoms with Crippen molar-refractivity contribution in [1.82, 2.24) is 5.32 Å². The molecule has 0 saturated carbocycles. The number of carbonyl (C=O) groups is 2. The van der Waals surface area contributed by atoms with Crippen LogP contribution in [0.15, 0.2) is 24.3 Å². The Balaban J connectivity index is 2.27. The molecule has 0 spiro atoms. The van der Waals surface area contributed by atoms with Crippen LogP contribution in [0.5, 0.6) is 11.5 Å². The average Bonchev–Trinajstić information content (AvgIpc) is 2.47. The summed E-state index contributed by atoms with van der Waals surface area (Å²) in [5.41, 5.74) is -0.515. The SMILES string of the molecule is CC(=O)CCCOc1cccc(OCCNC(=O)OC(C)(C)C)c1. The maximum atomic E-state index is 11.5. The molecule has 0 heterocycles. The Bertz CT molecular complexity index is 536. The molecule has 0 fully saturated rings. The first-order valence-corrected chi connectivity index (χ1v) is 8.08. The second kappa shape index (κ2) is 9.80. The third-order valence-electron chi connectivity index (χ3n) is 2.79. The molecule has 1 N–H and O–H groups in total. The summed E-state index contributed by atoms with van der Waals surface area (Å²) in [5, 5.41) is 2.63. The Labute approximate surface area is 143 Å². The van der Waals surface area contributed by atoms with E-state index >= 15 is 0 Å². The number of amides is 1. The number of rotatable bonds is 9. The Hall–Kier alpha value is -2.24.